The number of hydrogen-bond donors (Lipinski definition) is 0. The molecule has 3 aliphatic heterocycles. The monoisotopic (exact) mass is 413 g/mol. The maximum Gasteiger partial charge on any atom is 0.102 e. The van der Waals surface area contributed by atoms with E-state index in [4.69, 9.17) is 0 Å². The van der Waals surface area contributed by atoms with E-state index in [1.165, 1.54) is 85.8 Å². The van der Waals surface area contributed by atoms with Gasteiger partial charge in [0.05, 0.1) is 26.2 Å². The first-order valence-electron chi connectivity index (χ1n) is 9.00. The largest absolute Gasteiger partial charge is 0.318 e. The summed E-state index contributed by atoms with van der Waals surface area (Å²) in [6, 6.07) is 12.0. The summed E-state index contributed by atoms with van der Waals surface area (Å²) in [5.41, 5.74) is 1.52. The van der Waals surface area contributed by atoms with Crippen molar-refractivity contribution in [3.8, 4) is 0 Å². The molecule has 2 nitrogen and oxygen atoms in total. The third kappa shape index (κ3) is 4.04. The molecule has 3 aliphatic rings. The number of rotatable bonds is 8. The molecule has 0 amide bonds. The summed E-state index contributed by atoms with van der Waals surface area (Å²) >= 11 is 2.51. The van der Waals surface area contributed by atoms with Gasteiger partial charge in [-0.15, -0.1) is 0 Å². The second-order valence-corrected chi connectivity index (χ2v) is 8.20. The van der Waals surface area contributed by atoms with Crippen molar-refractivity contribution < 1.29 is 4.48 Å². The van der Waals surface area contributed by atoms with Crippen molar-refractivity contribution in [1.29, 1.82) is 0 Å². The molecule has 22 heavy (non-hydrogen) atoms. The van der Waals surface area contributed by atoms with Crippen LogP contribution < -0.4 is 0 Å². The fourth-order valence-corrected chi connectivity index (χ4v) is 4.88. The van der Waals surface area contributed by atoms with E-state index in [1.807, 2.05) is 0 Å². The maximum atomic E-state index is 2.71. The third-order valence-electron chi connectivity index (χ3n) is 5.83. The molecule has 3 fully saturated rings. The van der Waals surface area contributed by atoms with Crippen LogP contribution in [0.3, 0.4) is 0 Å². The van der Waals surface area contributed by atoms with E-state index < -0.39 is 0 Å². The zero-order valence-electron chi connectivity index (χ0n) is 13.7. The van der Waals surface area contributed by atoms with Crippen LogP contribution in [0, 0.1) is 0 Å². The van der Waals surface area contributed by atoms with Gasteiger partial charge in [0.2, 0.25) is 0 Å². The van der Waals surface area contributed by atoms with Crippen molar-refractivity contribution in [2.75, 3.05) is 43.7 Å². The summed E-state index contributed by atoms with van der Waals surface area (Å²) in [5, 5.41) is 0. The average Bonchev–Trinajstić information content (AvgIpc) is 2.59. The van der Waals surface area contributed by atoms with Crippen LogP contribution in [0.4, 0.5) is 0 Å². The molecular formula is C19H30IN2+. The van der Waals surface area contributed by atoms with Crippen LogP contribution in [0.15, 0.2) is 30.3 Å². The lowest BCUT2D eigenvalue weighted by atomic mass is 9.96. The molecule has 0 saturated carbocycles. The first-order chi connectivity index (χ1) is 10.8. The molecule has 2 bridgehead atoms. The number of quaternary nitrogens is 1. The molecule has 3 heterocycles. The van der Waals surface area contributed by atoms with Gasteiger partial charge in [-0.1, -0.05) is 59.3 Å². The molecule has 0 radical (unpaired) electrons. The number of halogens is 1. The van der Waals surface area contributed by atoms with Crippen molar-refractivity contribution in [3.63, 3.8) is 0 Å². The van der Waals surface area contributed by atoms with Crippen LogP contribution in [0.2, 0.25) is 0 Å². The number of hydrogen-bond acceptors (Lipinski definition) is 1. The fraction of sp³-hybridized carbons (Fsp3) is 0.684. The van der Waals surface area contributed by atoms with Gasteiger partial charge in [0.1, 0.15) is 6.04 Å². The lowest BCUT2D eigenvalue weighted by molar-refractivity contribution is -0.964. The number of nitrogens with zero attached hydrogens (tertiary/aromatic N) is 2. The number of unbranched alkanes of at least 4 members (excludes halogenated alkanes) is 2. The molecule has 0 aliphatic carbocycles. The molecule has 1 aromatic carbocycles. The topological polar surface area (TPSA) is 3.24 Å². The van der Waals surface area contributed by atoms with E-state index >= 15 is 0 Å². The highest BCUT2D eigenvalue weighted by atomic mass is 127. The minimum Gasteiger partial charge on any atom is -0.318 e. The highest BCUT2D eigenvalue weighted by Gasteiger charge is 2.45. The summed E-state index contributed by atoms with van der Waals surface area (Å²) in [6.45, 7) is 8.17. The predicted octanol–water partition coefficient (Wildman–Crippen LogP) is 3.74. The summed E-state index contributed by atoms with van der Waals surface area (Å²) < 4.78 is 2.73. The molecule has 3 saturated heterocycles. The van der Waals surface area contributed by atoms with E-state index in [-0.39, 0.29) is 0 Å². The normalized spacial score (nSPS) is 30.6. The van der Waals surface area contributed by atoms with Gasteiger partial charge in [0.15, 0.2) is 0 Å². The second kappa shape index (κ2) is 8.11. The highest BCUT2D eigenvalue weighted by Crippen LogP contribution is 2.29. The summed E-state index contributed by atoms with van der Waals surface area (Å²) in [7, 11) is 0. The highest BCUT2D eigenvalue weighted by molar-refractivity contribution is 14.1. The summed E-state index contributed by atoms with van der Waals surface area (Å²) in [4.78, 5) is 2.71. The Labute approximate surface area is 149 Å². The first-order valence-corrected chi connectivity index (χ1v) is 10.5. The molecule has 0 spiro atoms. The van der Waals surface area contributed by atoms with E-state index in [0.29, 0.717) is 0 Å². The zero-order valence-corrected chi connectivity index (χ0v) is 15.9. The van der Waals surface area contributed by atoms with Gasteiger partial charge < -0.3 is 4.48 Å². The lowest BCUT2D eigenvalue weighted by Crippen LogP contribution is -2.72. The number of fused-ring (bicyclic) bond motifs is 3. The summed E-state index contributed by atoms with van der Waals surface area (Å²) in [6.07, 6.45) is 6.97. The van der Waals surface area contributed by atoms with Gasteiger partial charge in [-0.05, 0) is 22.8 Å². The van der Waals surface area contributed by atoms with Crippen molar-refractivity contribution in [2.45, 2.75) is 38.1 Å². The van der Waals surface area contributed by atoms with Crippen LogP contribution in [-0.4, -0.2) is 59.1 Å². The Hall–Kier alpha value is -0.130. The molecule has 1 aromatic rings. The van der Waals surface area contributed by atoms with Crippen LogP contribution in [0.5, 0.6) is 0 Å². The van der Waals surface area contributed by atoms with Gasteiger partial charge in [-0.3, -0.25) is 4.90 Å². The number of benzene rings is 1. The molecule has 4 rings (SSSR count). The van der Waals surface area contributed by atoms with E-state index in [9.17, 15) is 0 Å². The Morgan fingerprint density at radius 3 is 2.55 bits per heavy atom. The smallest absolute Gasteiger partial charge is 0.102 e. The van der Waals surface area contributed by atoms with E-state index in [2.05, 4.69) is 57.8 Å². The molecule has 1 atom stereocenters. The zero-order chi connectivity index (χ0) is 15.3. The second-order valence-electron chi connectivity index (χ2n) is 7.12. The Morgan fingerprint density at radius 2 is 1.82 bits per heavy atom. The quantitative estimate of drug-likeness (QED) is 0.272. The van der Waals surface area contributed by atoms with E-state index in [0.717, 1.165) is 6.04 Å². The number of alkyl halides is 1. The van der Waals surface area contributed by atoms with Crippen LogP contribution in [0.25, 0.3) is 0 Å². The average molecular weight is 413 g/mol. The van der Waals surface area contributed by atoms with Crippen molar-refractivity contribution >= 4 is 22.6 Å². The van der Waals surface area contributed by atoms with Crippen molar-refractivity contribution in [2.24, 2.45) is 0 Å². The SMILES string of the molecule is ICCCCCC1CN2CC[N+]1(CCc1ccccc1)CC2. The minimum atomic E-state index is 0.903. The Balaban J connectivity index is 1.59. The molecule has 3 heteroatoms. The van der Waals surface area contributed by atoms with E-state index in [1.54, 1.807) is 0 Å². The fourth-order valence-electron chi connectivity index (χ4n) is 4.34. The van der Waals surface area contributed by atoms with Gasteiger partial charge >= 0.3 is 0 Å². The van der Waals surface area contributed by atoms with Crippen molar-refractivity contribution in [1.82, 2.24) is 4.90 Å². The maximum absolute atomic E-state index is 2.71. The van der Waals surface area contributed by atoms with Gasteiger partial charge in [-0.2, -0.15) is 0 Å². The van der Waals surface area contributed by atoms with Crippen LogP contribution in [-0.2, 0) is 6.42 Å². The molecule has 0 N–H and O–H groups in total. The number of piperazine rings is 3. The molecule has 122 valence electrons. The van der Waals surface area contributed by atoms with Gasteiger partial charge in [0, 0.05) is 25.9 Å². The predicted molar refractivity (Wildman–Crippen MR) is 103 cm³/mol. The molecular weight excluding hydrogens is 383 g/mol. The van der Waals surface area contributed by atoms with Gasteiger partial charge in [0.25, 0.3) is 0 Å². The Morgan fingerprint density at radius 1 is 1.05 bits per heavy atom. The summed E-state index contributed by atoms with van der Waals surface area (Å²) in [5.74, 6) is 0. The molecule has 0 aromatic heterocycles. The third-order valence-corrected chi connectivity index (χ3v) is 6.59. The standard InChI is InChI=1S/C19H30IN2/c20-11-6-2-5-9-19-17-21-12-15-22(19,16-13-21)14-10-18-7-3-1-4-8-18/h1,3-4,7-8,19H,2,5-6,9-17H2/q+1. The minimum absolute atomic E-state index is 0.903. The first kappa shape index (κ1) is 16.7. The Kier molecular flexibility index (Phi) is 6.16. The molecule has 1 unspecified atom stereocenters. The van der Waals surface area contributed by atoms with Crippen molar-refractivity contribution in [3.05, 3.63) is 35.9 Å². The van der Waals surface area contributed by atoms with Crippen LogP contribution in [0.1, 0.15) is 31.2 Å². The lowest BCUT2D eigenvalue weighted by Gasteiger charge is -2.56. The van der Waals surface area contributed by atoms with Gasteiger partial charge in [-0.25, -0.2) is 0 Å². The van der Waals surface area contributed by atoms with Crippen LogP contribution >= 0.6 is 22.6 Å². The Bertz CT molecular complexity index is 440.